The van der Waals surface area contributed by atoms with Crippen molar-refractivity contribution in [2.45, 2.75) is 13.8 Å². The van der Waals surface area contributed by atoms with Gasteiger partial charge in [0.05, 0.1) is 16.4 Å². The van der Waals surface area contributed by atoms with Crippen LogP contribution in [0.3, 0.4) is 0 Å². The minimum atomic E-state index is -0.877. The summed E-state index contributed by atoms with van der Waals surface area (Å²) < 4.78 is 26.7. The minimum absolute atomic E-state index is 0.0112. The van der Waals surface area contributed by atoms with Gasteiger partial charge in [-0.3, -0.25) is 4.79 Å². The van der Waals surface area contributed by atoms with Crippen molar-refractivity contribution in [1.29, 1.82) is 0 Å². The summed E-state index contributed by atoms with van der Waals surface area (Å²) >= 11 is 6.25. The fourth-order valence-electron chi connectivity index (χ4n) is 2.51. The fourth-order valence-corrected chi connectivity index (χ4v) is 2.88. The predicted molar refractivity (Wildman–Crippen MR) is 101 cm³/mol. The predicted octanol–water partition coefficient (Wildman–Crippen LogP) is 5.02. The third kappa shape index (κ3) is 4.38. The van der Waals surface area contributed by atoms with Gasteiger partial charge in [-0.2, -0.15) is 0 Å². The summed E-state index contributed by atoms with van der Waals surface area (Å²) in [7, 11) is 0. The zero-order valence-electron chi connectivity index (χ0n) is 14.5. The second kappa shape index (κ2) is 7.67. The van der Waals surface area contributed by atoms with E-state index in [0.717, 1.165) is 23.3 Å². The maximum absolute atomic E-state index is 13.7. The Balaban J connectivity index is 1.82. The van der Waals surface area contributed by atoms with Crippen LogP contribution in [-0.2, 0) is 0 Å². The van der Waals surface area contributed by atoms with Crippen LogP contribution in [0.1, 0.15) is 21.6 Å². The third-order valence-electron chi connectivity index (χ3n) is 3.74. The lowest BCUT2D eigenvalue weighted by molar-refractivity contribution is 0.102. The van der Waals surface area contributed by atoms with E-state index < -0.39 is 17.5 Å². The Bertz CT molecular complexity index is 1000. The van der Waals surface area contributed by atoms with Crippen molar-refractivity contribution in [3.05, 3.63) is 76.1 Å². The molecule has 1 aromatic heterocycles. The number of hydrogen-bond donors (Lipinski definition) is 2. The highest BCUT2D eigenvalue weighted by molar-refractivity contribution is 6.33. The molecule has 3 rings (SSSR count). The molecule has 8 heteroatoms. The average Bonchev–Trinajstić information content (AvgIpc) is 2.60. The lowest BCUT2D eigenvalue weighted by Crippen LogP contribution is -2.15. The van der Waals surface area contributed by atoms with Crippen LogP contribution in [0.2, 0.25) is 5.02 Å². The maximum Gasteiger partial charge on any atom is 0.274 e. The molecular weight excluding hydrogens is 374 g/mol. The third-order valence-corrected chi connectivity index (χ3v) is 4.03. The van der Waals surface area contributed by atoms with E-state index in [2.05, 4.69) is 20.6 Å². The van der Waals surface area contributed by atoms with Crippen LogP contribution >= 0.6 is 11.6 Å². The van der Waals surface area contributed by atoms with Crippen molar-refractivity contribution >= 4 is 34.8 Å². The normalized spacial score (nSPS) is 10.6. The molecule has 1 heterocycles. The highest BCUT2D eigenvalue weighted by atomic mass is 35.5. The van der Waals surface area contributed by atoms with Crippen LogP contribution in [-0.4, -0.2) is 15.9 Å². The second-order valence-electron chi connectivity index (χ2n) is 5.91. The van der Waals surface area contributed by atoms with Crippen LogP contribution in [0.25, 0.3) is 0 Å². The van der Waals surface area contributed by atoms with Crippen molar-refractivity contribution in [1.82, 2.24) is 9.97 Å². The Morgan fingerprint density at radius 2 is 1.89 bits per heavy atom. The molecule has 0 radical (unpaired) electrons. The topological polar surface area (TPSA) is 66.9 Å². The van der Waals surface area contributed by atoms with E-state index in [1.807, 2.05) is 19.9 Å². The van der Waals surface area contributed by atoms with Gasteiger partial charge in [0.25, 0.3) is 5.91 Å². The molecule has 0 aliphatic rings. The van der Waals surface area contributed by atoms with E-state index in [1.54, 1.807) is 6.07 Å². The van der Waals surface area contributed by atoms with Gasteiger partial charge in [0.15, 0.2) is 0 Å². The van der Waals surface area contributed by atoms with Crippen molar-refractivity contribution in [2.24, 2.45) is 0 Å². The van der Waals surface area contributed by atoms with Gasteiger partial charge in [0.2, 0.25) is 5.95 Å². The van der Waals surface area contributed by atoms with Crippen LogP contribution in [0.4, 0.5) is 26.1 Å². The number of carbonyl (C=O) groups excluding carboxylic acids is 1. The number of amides is 1. The summed E-state index contributed by atoms with van der Waals surface area (Å²) in [4.78, 5) is 20.5. The van der Waals surface area contributed by atoms with Crippen molar-refractivity contribution in [3.63, 3.8) is 0 Å². The molecule has 0 aliphatic heterocycles. The highest BCUT2D eigenvalue weighted by Gasteiger charge is 2.13. The number of nitrogens with one attached hydrogen (secondary N) is 2. The first-order valence-corrected chi connectivity index (χ1v) is 8.34. The molecule has 3 aromatic rings. The Hall–Kier alpha value is -3.06. The number of aryl methyl sites for hydroxylation is 2. The lowest BCUT2D eigenvalue weighted by Gasteiger charge is -2.12. The smallest absolute Gasteiger partial charge is 0.274 e. The maximum atomic E-state index is 13.7. The Labute approximate surface area is 159 Å². The number of rotatable bonds is 4. The molecule has 0 atom stereocenters. The average molecular weight is 389 g/mol. The summed E-state index contributed by atoms with van der Waals surface area (Å²) in [5.74, 6) is -2.10. The van der Waals surface area contributed by atoms with Crippen LogP contribution in [0.15, 0.2) is 42.6 Å². The summed E-state index contributed by atoms with van der Waals surface area (Å²) in [6.07, 6.45) is 1.39. The van der Waals surface area contributed by atoms with E-state index in [0.29, 0.717) is 16.8 Å². The summed E-state index contributed by atoms with van der Waals surface area (Å²) in [5.41, 5.74) is 2.40. The molecule has 2 N–H and O–H groups in total. The van der Waals surface area contributed by atoms with Gasteiger partial charge in [-0.15, -0.1) is 0 Å². The summed E-state index contributed by atoms with van der Waals surface area (Å²) in [6, 6.07) is 8.00. The molecule has 2 aromatic carbocycles. The van der Waals surface area contributed by atoms with Crippen LogP contribution < -0.4 is 10.6 Å². The number of anilines is 3. The van der Waals surface area contributed by atoms with Gasteiger partial charge < -0.3 is 10.6 Å². The van der Waals surface area contributed by atoms with E-state index in [9.17, 15) is 13.6 Å². The van der Waals surface area contributed by atoms with E-state index in [4.69, 9.17) is 11.6 Å². The number of halogens is 3. The molecule has 1 amide bonds. The first-order valence-electron chi connectivity index (χ1n) is 7.96. The summed E-state index contributed by atoms with van der Waals surface area (Å²) in [5, 5.41) is 5.84. The second-order valence-corrected chi connectivity index (χ2v) is 6.31. The Morgan fingerprint density at radius 1 is 1.11 bits per heavy atom. The molecule has 0 saturated carbocycles. The van der Waals surface area contributed by atoms with Gasteiger partial charge in [-0.1, -0.05) is 17.7 Å². The van der Waals surface area contributed by atoms with Crippen LogP contribution in [0, 0.1) is 25.5 Å². The van der Waals surface area contributed by atoms with Crippen molar-refractivity contribution in [3.8, 4) is 0 Å². The van der Waals surface area contributed by atoms with E-state index in [1.165, 1.54) is 12.3 Å². The molecule has 27 heavy (non-hydrogen) atoms. The van der Waals surface area contributed by atoms with Crippen molar-refractivity contribution in [2.75, 3.05) is 10.6 Å². The van der Waals surface area contributed by atoms with E-state index >= 15 is 0 Å². The number of benzene rings is 2. The molecule has 0 aliphatic carbocycles. The van der Waals surface area contributed by atoms with Gasteiger partial charge in [0, 0.05) is 12.3 Å². The summed E-state index contributed by atoms with van der Waals surface area (Å²) in [6.45, 7) is 3.81. The number of carbonyl (C=O) groups is 1. The molecule has 138 valence electrons. The molecule has 0 fully saturated rings. The van der Waals surface area contributed by atoms with E-state index in [-0.39, 0.29) is 17.3 Å². The van der Waals surface area contributed by atoms with Gasteiger partial charge in [-0.05, 0) is 49.2 Å². The lowest BCUT2D eigenvalue weighted by atomic mass is 10.1. The monoisotopic (exact) mass is 388 g/mol. The number of nitrogens with zero attached hydrogens (tertiary/aromatic N) is 2. The highest BCUT2D eigenvalue weighted by Crippen LogP contribution is 2.29. The first kappa shape index (κ1) is 18.7. The molecule has 0 saturated heterocycles. The molecule has 0 spiro atoms. The van der Waals surface area contributed by atoms with Gasteiger partial charge in [-0.25, -0.2) is 18.7 Å². The zero-order chi connectivity index (χ0) is 19.6. The molecular formula is C19H15ClF2N4O. The van der Waals surface area contributed by atoms with Crippen LogP contribution in [0.5, 0.6) is 0 Å². The minimum Gasteiger partial charge on any atom is -0.323 e. The molecule has 0 unspecified atom stereocenters. The first-order chi connectivity index (χ1) is 12.8. The van der Waals surface area contributed by atoms with Gasteiger partial charge in [0.1, 0.15) is 17.3 Å². The van der Waals surface area contributed by atoms with Gasteiger partial charge >= 0.3 is 0 Å². The number of hydrogen-bond acceptors (Lipinski definition) is 4. The zero-order valence-corrected chi connectivity index (χ0v) is 15.2. The molecule has 5 nitrogen and oxygen atoms in total. The Kier molecular flexibility index (Phi) is 5.32. The molecule has 0 bridgehead atoms. The SMILES string of the molecule is Cc1cc(C)c(Nc2nccc(C(=O)Nc3ccc(F)cc3F)n2)c(Cl)c1. The number of aromatic nitrogens is 2. The standard InChI is InChI=1S/C19H15ClF2N4O/c1-10-7-11(2)17(13(20)8-10)26-19-23-6-5-16(25-19)18(27)24-15-4-3-12(21)9-14(15)22/h3-9H,1-2H3,(H,24,27)(H,23,25,26). The fraction of sp³-hybridized carbons (Fsp3) is 0.105. The van der Waals surface area contributed by atoms with Crippen molar-refractivity contribution < 1.29 is 13.6 Å². The Morgan fingerprint density at radius 3 is 2.59 bits per heavy atom. The largest absolute Gasteiger partial charge is 0.323 e. The quantitative estimate of drug-likeness (QED) is 0.658.